The van der Waals surface area contributed by atoms with E-state index in [1.807, 2.05) is 25.7 Å². The molecule has 1 heterocycles. The molecule has 1 aliphatic heterocycles. The van der Waals surface area contributed by atoms with Crippen LogP contribution in [0.25, 0.3) is 0 Å². The first-order valence-corrected chi connectivity index (χ1v) is 6.13. The second kappa shape index (κ2) is 3.91. The van der Waals surface area contributed by atoms with Gasteiger partial charge in [0.05, 0.1) is 0 Å². The van der Waals surface area contributed by atoms with E-state index in [2.05, 4.69) is 5.32 Å². The van der Waals surface area contributed by atoms with Crippen molar-refractivity contribution < 1.29 is 9.53 Å². The molecule has 16 heavy (non-hydrogen) atoms. The minimum Gasteiger partial charge on any atom is -0.444 e. The van der Waals surface area contributed by atoms with Gasteiger partial charge < -0.3 is 15.0 Å². The molecule has 1 saturated heterocycles. The van der Waals surface area contributed by atoms with E-state index in [0.29, 0.717) is 0 Å². The summed E-state index contributed by atoms with van der Waals surface area (Å²) in [7, 11) is 0. The van der Waals surface area contributed by atoms with Crippen LogP contribution in [-0.4, -0.2) is 41.8 Å². The van der Waals surface area contributed by atoms with Crippen LogP contribution in [0.5, 0.6) is 0 Å². The third-order valence-electron chi connectivity index (χ3n) is 3.10. The summed E-state index contributed by atoms with van der Waals surface area (Å²) in [6.45, 7) is 8.36. The Morgan fingerprint density at radius 3 is 2.62 bits per heavy atom. The molecular formula is C12H22N2O2. The molecule has 2 aliphatic rings. The fraction of sp³-hybridized carbons (Fsp3) is 0.917. The predicted octanol–water partition coefficient (Wildman–Crippen LogP) is 1.75. The van der Waals surface area contributed by atoms with Gasteiger partial charge in [-0.2, -0.15) is 0 Å². The summed E-state index contributed by atoms with van der Waals surface area (Å²) in [5.74, 6) is 0. The fourth-order valence-corrected chi connectivity index (χ4v) is 2.09. The molecular weight excluding hydrogens is 204 g/mol. The smallest absolute Gasteiger partial charge is 0.410 e. The van der Waals surface area contributed by atoms with Gasteiger partial charge in [0.25, 0.3) is 0 Å². The Bertz CT molecular complexity index is 279. The Balaban J connectivity index is 1.94. The largest absolute Gasteiger partial charge is 0.444 e. The monoisotopic (exact) mass is 226 g/mol. The van der Waals surface area contributed by atoms with Crippen molar-refractivity contribution in [2.24, 2.45) is 0 Å². The zero-order valence-corrected chi connectivity index (χ0v) is 10.5. The number of carbonyl (C=O) groups excluding carboxylic acids is 1. The highest BCUT2D eigenvalue weighted by atomic mass is 16.6. The zero-order valence-electron chi connectivity index (χ0n) is 10.5. The van der Waals surface area contributed by atoms with Crippen LogP contribution in [0.4, 0.5) is 4.79 Å². The van der Waals surface area contributed by atoms with Gasteiger partial charge in [0.1, 0.15) is 5.60 Å². The van der Waals surface area contributed by atoms with E-state index in [1.165, 1.54) is 12.8 Å². The SMILES string of the molecule is CC(C)(C)OC(=O)N1CCCNC2(CC2)C1. The zero-order chi connectivity index (χ0) is 11.8. The summed E-state index contributed by atoms with van der Waals surface area (Å²) in [6, 6.07) is 0. The van der Waals surface area contributed by atoms with Crippen LogP contribution < -0.4 is 5.32 Å². The minimum atomic E-state index is -0.395. The summed E-state index contributed by atoms with van der Waals surface area (Å²) in [5.41, 5.74) is -0.180. The van der Waals surface area contributed by atoms with Gasteiger partial charge in [0.15, 0.2) is 0 Å². The van der Waals surface area contributed by atoms with Gasteiger partial charge in [-0.05, 0) is 46.6 Å². The van der Waals surface area contributed by atoms with Gasteiger partial charge in [-0.1, -0.05) is 0 Å². The minimum absolute atomic E-state index is 0.164. The number of nitrogens with zero attached hydrogens (tertiary/aromatic N) is 1. The molecule has 0 unspecified atom stereocenters. The number of ether oxygens (including phenoxy) is 1. The van der Waals surface area contributed by atoms with Crippen LogP contribution in [0.3, 0.4) is 0 Å². The van der Waals surface area contributed by atoms with Crippen molar-refractivity contribution in [3.63, 3.8) is 0 Å². The van der Waals surface area contributed by atoms with Crippen LogP contribution in [-0.2, 0) is 4.74 Å². The number of nitrogens with one attached hydrogen (secondary N) is 1. The van der Waals surface area contributed by atoms with Crippen molar-refractivity contribution >= 4 is 6.09 Å². The number of hydrogen-bond acceptors (Lipinski definition) is 3. The quantitative estimate of drug-likeness (QED) is 0.684. The number of hydrogen-bond donors (Lipinski definition) is 1. The standard InChI is InChI=1S/C12H22N2O2/c1-11(2,3)16-10(15)14-8-4-7-13-12(9-14)5-6-12/h13H,4-9H2,1-3H3. The van der Waals surface area contributed by atoms with Crippen LogP contribution in [0, 0.1) is 0 Å². The lowest BCUT2D eigenvalue weighted by atomic mass is 10.2. The highest BCUT2D eigenvalue weighted by Gasteiger charge is 2.45. The summed E-state index contributed by atoms with van der Waals surface area (Å²) in [5, 5.41) is 3.53. The first-order chi connectivity index (χ1) is 7.40. The maximum Gasteiger partial charge on any atom is 0.410 e. The third-order valence-corrected chi connectivity index (χ3v) is 3.10. The van der Waals surface area contributed by atoms with Crippen molar-refractivity contribution in [2.75, 3.05) is 19.6 Å². The second-order valence-electron chi connectivity index (χ2n) is 5.96. The molecule has 1 amide bonds. The highest BCUT2D eigenvalue weighted by molar-refractivity contribution is 5.68. The van der Waals surface area contributed by atoms with E-state index >= 15 is 0 Å². The van der Waals surface area contributed by atoms with Gasteiger partial charge in [0, 0.05) is 18.6 Å². The maximum absolute atomic E-state index is 12.0. The molecule has 1 spiro atoms. The fourth-order valence-electron chi connectivity index (χ4n) is 2.09. The van der Waals surface area contributed by atoms with Crippen LogP contribution in [0.15, 0.2) is 0 Å². The van der Waals surface area contributed by atoms with Gasteiger partial charge in [0.2, 0.25) is 0 Å². The lowest BCUT2D eigenvalue weighted by Crippen LogP contribution is -2.44. The molecule has 0 aromatic heterocycles. The van der Waals surface area contributed by atoms with E-state index in [-0.39, 0.29) is 11.6 Å². The van der Waals surface area contributed by atoms with Gasteiger partial charge in [-0.3, -0.25) is 0 Å². The Hall–Kier alpha value is -0.770. The van der Waals surface area contributed by atoms with E-state index < -0.39 is 5.60 Å². The van der Waals surface area contributed by atoms with E-state index in [9.17, 15) is 4.79 Å². The first kappa shape index (κ1) is 11.7. The molecule has 0 atom stereocenters. The lowest BCUT2D eigenvalue weighted by molar-refractivity contribution is 0.0242. The summed E-state index contributed by atoms with van der Waals surface area (Å²) in [4.78, 5) is 13.8. The number of carbonyl (C=O) groups is 1. The van der Waals surface area contributed by atoms with E-state index in [4.69, 9.17) is 4.74 Å². The number of amides is 1. The molecule has 4 nitrogen and oxygen atoms in total. The summed E-state index contributed by atoms with van der Waals surface area (Å²) >= 11 is 0. The van der Waals surface area contributed by atoms with Crippen LogP contribution >= 0.6 is 0 Å². The van der Waals surface area contributed by atoms with Crippen LogP contribution in [0.1, 0.15) is 40.0 Å². The van der Waals surface area contributed by atoms with Crippen molar-refractivity contribution in [3.8, 4) is 0 Å². The maximum atomic E-state index is 12.0. The normalized spacial score (nSPS) is 24.1. The molecule has 1 aliphatic carbocycles. The highest BCUT2D eigenvalue weighted by Crippen LogP contribution is 2.37. The Morgan fingerprint density at radius 1 is 1.38 bits per heavy atom. The van der Waals surface area contributed by atoms with Crippen molar-refractivity contribution in [3.05, 3.63) is 0 Å². The molecule has 0 aromatic rings. The van der Waals surface area contributed by atoms with E-state index in [1.54, 1.807) is 0 Å². The molecule has 0 bridgehead atoms. The van der Waals surface area contributed by atoms with Gasteiger partial charge >= 0.3 is 6.09 Å². The summed E-state index contributed by atoms with van der Waals surface area (Å²) in [6.07, 6.45) is 3.22. The number of rotatable bonds is 0. The average Bonchev–Trinajstić information content (AvgIpc) is 2.91. The Kier molecular flexibility index (Phi) is 2.86. The predicted molar refractivity (Wildman–Crippen MR) is 62.4 cm³/mol. The summed E-state index contributed by atoms with van der Waals surface area (Å²) < 4.78 is 5.41. The molecule has 0 radical (unpaired) electrons. The van der Waals surface area contributed by atoms with E-state index in [0.717, 1.165) is 26.1 Å². The first-order valence-electron chi connectivity index (χ1n) is 6.13. The molecule has 92 valence electrons. The van der Waals surface area contributed by atoms with Crippen molar-refractivity contribution in [2.45, 2.75) is 51.2 Å². The third kappa shape index (κ3) is 2.88. The molecule has 1 N–H and O–H groups in total. The molecule has 2 rings (SSSR count). The molecule has 0 aromatic carbocycles. The van der Waals surface area contributed by atoms with Gasteiger partial charge in [-0.15, -0.1) is 0 Å². The van der Waals surface area contributed by atoms with Crippen LogP contribution in [0.2, 0.25) is 0 Å². The molecule has 2 fully saturated rings. The average molecular weight is 226 g/mol. The topological polar surface area (TPSA) is 41.6 Å². The molecule has 1 saturated carbocycles. The van der Waals surface area contributed by atoms with Crippen molar-refractivity contribution in [1.82, 2.24) is 10.2 Å². The second-order valence-corrected chi connectivity index (χ2v) is 5.96. The van der Waals surface area contributed by atoms with Crippen molar-refractivity contribution in [1.29, 1.82) is 0 Å². The molecule has 4 heteroatoms. The Morgan fingerprint density at radius 2 is 2.06 bits per heavy atom. The Labute approximate surface area is 97.3 Å². The lowest BCUT2D eigenvalue weighted by Gasteiger charge is -2.28. The van der Waals surface area contributed by atoms with Gasteiger partial charge in [-0.25, -0.2) is 4.79 Å².